The van der Waals surface area contributed by atoms with Crippen LogP contribution in [0.2, 0.25) is 0 Å². The van der Waals surface area contributed by atoms with Crippen LogP contribution in [-0.4, -0.2) is 12.9 Å². The fourth-order valence-corrected chi connectivity index (χ4v) is 2.09. The van der Waals surface area contributed by atoms with Gasteiger partial charge in [0.15, 0.2) is 5.78 Å². The van der Waals surface area contributed by atoms with Gasteiger partial charge in [0.1, 0.15) is 5.75 Å². The van der Waals surface area contributed by atoms with Crippen molar-refractivity contribution in [1.29, 1.82) is 0 Å². The van der Waals surface area contributed by atoms with Crippen LogP contribution in [0, 0.1) is 0 Å². The number of hydrogen-bond donors (Lipinski definition) is 1. The Morgan fingerprint density at radius 1 is 1.22 bits per heavy atom. The molecule has 96 valence electrons. The number of ether oxygens (including phenoxy) is 1. The third-order valence-electron chi connectivity index (χ3n) is 3.20. The summed E-state index contributed by atoms with van der Waals surface area (Å²) in [4.78, 5) is 11.6. The zero-order valence-corrected chi connectivity index (χ0v) is 10.7. The lowest BCUT2D eigenvalue weighted by Gasteiger charge is -2.12. The van der Waals surface area contributed by atoms with E-state index in [0.717, 1.165) is 37.1 Å². The van der Waals surface area contributed by atoms with Crippen LogP contribution in [0.3, 0.4) is 0 Å². The molecule has 0 aliphatic heterocycles. The highest BCUT2D eigenvalue weighted by Crippen LogP contribution is 2.19. The summed E-state index contributed by atoms with van der Waals surface area (Å²) < 4.78 is 5.11. The van der Waals surface area contributed by atoms with Crippen molar-refractivity contribution in [2.75, 3.05) is 7.11 Å². The van der Waals surface area contributed by atoms with Gasteiger partial charge in [0, 0.05) is 24.7 Å². The van der Waals surface area contributed by atoms with Gasteiger partial charge in [-0.1, -0.05) is 12.1 Å². The van der Waals surface area contributed by atoms with E-state index in [0.29, 0.717) is 12.2 Å². The zero-order chi connectivity index (χ0) is 12.8. The minimum absolute atomic E-state index is 0.295. The van der Waals surface area contributed by atoms with Crippen LogP contribution in [0.25, 0.3) is 0 Å². The number of nitrogens with one attached hydrogen (secondary N) is 1. The molecular formula is C15H19NO2. The molecule has 1 aliphatic rings. The Labute approximate surface area is 108 Å². The van der Waals surface area contributed by atoms with Gasteiger partial charge in [-0.15, -0.1) is 0 Å². The highest BCUT2D eigenvalue weighted by Gasteiger charge is 2.13. The zero-order valence-electron chi connectivity index (χ0n) is 10.7. The number of benzene rings is 1. The van der Waals surface area contributed by atoms with Crippen molar-refractivity contribution in [1.82, 2.24) is 5.32 Å². The molecule has 0 heterocycles. The van der Waals surface area contributed by atoms with E-state index in [4.69, 9.17) is 4.74 Å². The number of carbonyl (C=O) groups excluding carboxylic acids is 1. The number of Topliss-reactive ketones (excluding diaryl/α,β-unsaturated/α-hetero) is 1. The number of carbonyl (C=O) groups is 1. The molecule has 0 bridgehead atoms. The summed E-state index contributed by atoms with van der Waals surface area (Å²) in [6.45, 7) is 0.737. The third-order valence-corrected chi connectivity index (χ3v) is 3.20. The van der Waals surface area contributed by atoms with Crippen molar-refractivity contribution in [3.05, 3.63) is 41.6 Å². The number of rotatable bonds is 4. The Balaban J connectivity index is 1.87. The molecule has 0 radical (unpaired) electrons. The largest absolute Gasteiger partial charge is 0.497 e. The lowest BCUT2D eigenvalue weighted by atomic mass is 9.94. The van der Waals surface area contributed by atoms with Crippen molar-refractivity contribution < 1.29 is 9.53 Å². The van der Waals surface area contributed by atoms with Crippen molar-refractivity contribution in [3.8, 4) is 5.75 Å². The van der Waals surface area contributed by atoms with E-state index < -0.39 is 0 Å². The van der Waals surface area contributed by atoms with Gasteiger partial charge in [-0.05, 0) is 37.0 Å². The van der Waals surface area contributed by atoms with Gasteiger partial charge < -0.3 is 10.1 Å². The highest BCUT2D eigenvalue weighted by atomic mass is 16.5. The summed E-state index contributed by atoms with van der Waals surface area (Å²) >= 11 is 0. The third kappa shape index (κ3) is 3.36. The Kier molecular flexibility index (Phi) is 4.40. The quantitative estimate of drug-likeness (QED) is 0.829. The van der Waals surface area contributed by atoms with E-state index >= 15 is 0 Å². The normalized spacial score (nSPS) is 17.8. The molecule has 0 saturated heterocycles. The second kappa shape index (κ2) is 6.24. The molecule has 0 atom stereocenters. The molecule has 1 aliphatic carbocycles. The average Bonchev–Trinajstić information content (AvgIpc) is 2.42. The molecule has 18 heavy (non-hydrogen) atoms. The maximum atomic E-state index is 11.6. The SMILES string of the molecule is COc1ccc(CN/C=C2\CCCCC2=O)cc1. The molecule has 0 unspecified atom stereocenters. The molecule has 2 rings (SSSR count). The molecule has 1 aromatic carbocycles. The van der Waals surface area contributed by atoms with Crippen molar-refractivity contribution in [2.24, 2.45) is 0 Å². The average molecular weight is 245 g/mol. The summed E-state index contributed by atoms with van der Waals surface area (Å²) in [5.41, 5.74) is 2.12. The number of allylic oxidation sites excluding steroid dienone is 1. The van der Waals surface area contributed by atoms with Gasteiger partial charge >= 0.3 is 0 Å². The Morgan fingerprint density at radius 2 is 1.94 bits per heavy atom. The number of hydrogen-bond acceptors (Lipinski definition) is 3. The van der Waals surface area contributed by atoms with Gasteiger partial charge in [-0.2, -0.15) is 0 Å². The fraction of sp³-hybridized carbons (Fsp3) is 0.400. The maximum absolute atomic E-state index is 11.6. The van der Waals surface area contributed by atoms with Gasteiger partial charge in [0.05, 0.1) is 7.11 Å². The van der Waals surface area contributed by atoms with Crippen LogP contribution in [0.4, 0.5) is 0 Å². The topological polar surface area (TPSA) is 38.3 Å². The molecule has 0 spiro atoms. The van der Waals surface area contributed by atoms with Gasteiger partial charge in [-0.3, -0.25) is 4.79 Å². The second-order valence-electron chi connectivity index (χ2n) is 4.53. The van der Waals surface area contributed by atoms with Crippen LogP contribution in [0.15, 0.2) is 36.0 Å². The molecule has 0 aromatic heterocycles. The van der Waals surface area contributed by atoms with E-state index in [9.17, 15) is 4.79 Å². The first-order valence-corrected chi connectivity index (χ1v) is 6.38. The molecule has 1 aromatic rings. The first-order valence-electron chi connectivity index (χ1n) is 6.38. The molecule has 0 amide bonds. The lowest BCUT2D eigenvalue weighted by molar-refractivity contribution is -0.116. The standard InChI is InChI=1S/C15H19NO2/c1-18-14-8-6-12(7-9-14)10-16-11-13-4-2-3-5-15(13)17/h6-9,11,16H,2-5,10H2,1H3/b13-11+. The lowest BCUT2D eigenvalue weighted by Crippen LogP contribution is -2.13. The summed E-state index contributed by atoms with van der Waals surface area (Å²) in [7, 11) is 1.66. The minimum atomic E-state index is 0.295. The monoisotopic (exact) mass is 245 g/mol. The van der Waals surface area contributed by atoms with E-state index in [1.165, 1.54) is 5.56 Å². The summed E-state index contributed by atoms with van der Waals surface area (Å²) in [5.74, 6) is 1.16. The Morgan fingerprint density at radius 3 is 2.61 bits per heavy atom. The molecule has 3 heteroatoms. The molecule has 1 saturated carbocycles. The molecule has 3 nitrogen and oxygen atoms in total. The van der Waals surface area contributed by atoms with Crippen molar-refractivity contribution in [3.63, 3.8) is 0 Å². The maximum Gasteiger partial charge on any atom is 0.160 e. The molecule has 1 N–H and O–H groups in total. The number of methoxy groups -OCH3 is 1. The first-order chi connectivity index (χ1) is 8.79. The minimum Gasteiger partial charge on any atom is -0.497 e. The summed E-state index contributed by atoms with van der Waals surface area (Å²) in [6, 6.07) is 7.92. The molecular weight excluding hydrogens is 226 g/mol. The van der Waals surface area contributed by atoms with Crippen molar-refractivity contribution in [2.45, 2.75) is 32.2 Å². The van der Waals surface area contributed by atoms with Gasteiger partial charge in [0.2, 0.25) is 0 Å². The van der Waals surface area contributed by atoms with E-state index in [-0.39, 0.29) is 0 Å². The highest BCUT2D eigenvalue weighted by molar-refractivity contribution is 5.95. The second-order valence-corrected chi connectivity index (χ2v) is 4.53. The van der Waals surface area contributed by atoms with E-state index in [2.05, 4.69) is 5.32 Å². The van der Waals surface area contributed by atoms with Crippen LogP contribution in [0.1, 0.15) is 31.2 Å². The Bertz CT molecular complexity index is 434. The van der Waals surface area contributed by atoms with Crippen LogP contribution < -0.4 is 10.1 Å². The van der Waals surface area contributed by atoms with Crippen molar-refractivity contribution >= 4 is 5.78 Å². The van der Waals surface area contributed by atoms with Crippen LogP contribution >= 0.6 is 0 Å². The van der Waals surface area contributed by atoms with Crippen LogP contribution in [-0.2, 0) is 11.3 Å². The van der Waals surface area contributed by atoms with Gasteiger partial charge in [0.25, 0.3) is 0 Å². The smallest absolute Gasteiger partial charge is 0.160 e. The first kappa shape index (κ1) is 12.7. The molecule has 1 fully saturated rings. The predicted octanol–water partition coefficient (Wildman–Crippen LogP) is 2.81. The predicted molar refractivity (Wildman–Crippen MR) is 71.4 cm³/mol. The fourth-order valence-electron chi connectivity index (χ4n) is 2.09. The van der Waals surface area contributed by atoms with Crippen LogP contribution in [0.5, 0.6) is 5.75 Å². The van der Waals surface area contributed by atoms with E-state index in [1.807, 2.05) is 30.5 Å². The number of ketones is 1. The van der Waals surface area contributed by atoms with E-state index in [1.54, 1.807) is 7.11 Å². The Hall–Kier alpha value is -1.77. The summed E-state index contributed by atoms with van der Waals surface area (Å²) in [5, 5.41) is 3.22. The van der Waals surface area contributed by atoms with Gasteiger partial charge in [-0.25, -0.2) is 0 Å². The summed E-state index contributed by atoms with van der Waals surface area (Å²) in [6.07, 6.45) is 5.66.